The zero-order valence-corrected chi connectivity index (χ0v) is 13.5. The third kappa shape index (κ3) is 4.68. The molecule has 0 aliphatic carbocycles. The highest BCUT2D eigenvalue weighted by molar-refractivity contribution is 7.11. The van der Waals surface area contributed by atoms with E-state index in [2.05, 4.69) is 15.0 Å². The summed E-state index contributed by atoms with van der Waals surface area (Å²) >= 11 is 0.957. The number of carbonyl (C=O) groups is 2. The third-order valence-corrected chi connectivity index (χ3v) is 3.62. The topological polar surface area (TPSA) is 106 Å². The first-order valence-electron chi connectivity index (χ1n) is 7.12. The largest absolute Gasteiger partial charge is 0.476 e. The minimum Gasteiger partial charge on any atom is -0.476 e. The van der Waals surface area contributed by atoms with E-state index < -0.39 is 11.9 Å². The minimum atomic E-state index is -0.691. The van der Waals surface area contributed by atoms with Gasteiger partial charge in [-0.3, -0.25) is 10.1 Å². The molecule has 0 unspecified atom stereocenters. The maximum Gasteiger partial charge on any atom is 0.320 e. The molecule has 0 bridgehead atoms. The maximum atomic E-state index is 11.9. The van der Waals surface area contributed by atoms with Gasteiger partial charge < -0.3 is 15.8 Å². The number of ether oxygens (including phenoxy) is 1. The monoisotopic (exact) mass is 334 g/mol. The van der Waals surface area contributed by atoms with Crippen molar-refractivity contribution in [3.63, 3.8) is 0 Å². The van der Waals surface area contributed by atoms with E-state index in [0.29, 0.717) is 13.2 Å². The Morgan fingerprint density at radius 3 is 2.70 bits per heavy atom. The molecular weight excluding hydrogens is 316 g/mol. The van der Waals surface area contributed by atoms with Crippen molar-refractivity contribution in [2.24, 2.45) is 5.73 Å². The standard InChI is InChI=1S/C15H18N4O3S/c1-2-8-22-13-11(12(16)20)14(23-19-13)18-15(21)17-9-10-6-4-3-5-7-10/h3-7H,2,8-9H2,1H3,(H2,16,20)(H2,17,18,21). The Balaban J connectivity index is 2.00. The second kappa shape index (κ2) is 8.14. The number of anilines is 1. The molecule has 0 aliphatic heterocycles. The number of nitrogens with two attached hydrogens (primary N) is 1. The summed E-state index contributed by atoms with van der Waals surface area (Å²) < 4.78 is 9.39. The Labute approximate surface area is 138 Å². The van der Waals surface area contributed by atoms with Crippen molar-refractivity contribution in [2.75, 3.05) is 11.9 Å². The molecule has 0 saturated heterocycles. The molecule has 2 rings (SSSR count). The first-order chi connectivity index (χ1) is 11.1. The van der Waals surface area contributed by atoms with E-state index in [4.69, 9.17) is 10.5 Å². The van der Waals surface area contributed by atoms with Crippen molar-refractivity contribution in [3.05, 3.63) is 41.5 Å². The number of aromatic nitrogens is 1. The van der Waals surface area contributed by atoms with Gasteiger partial charge in [-0.1, -0.05) is 37.3 Å². The van der Waals surface area contributed by atoms with E-state index in [-0.39, 0.29) is 16.4 Å². The molecule has 0 saturated carbocycles. The van der Waals surface area contributed by atoms with Crippen molar-refractivity contribution in [1.82, 2.24) is 9.69 Å². The number of hydrogen-bond acceptors (Lipinski definition) is 5. The van der Waals surface area contributed by atoms with Gasteiger partial charge in [-0.15, -0.1) is 0 Å². The number of nitrogens with zero attached hydrogens (tertiary/aromatic N) is 1. The molecule has 3 amide bonds. The van der Waals surface area contributed by atoms with Crippen molar-refractivity contribution in [1.29, 1.82) is 0 Å². The van der Waals surface area contributed by atoms with Crippen LogP contribution >= 0.6 is 11.5 Å². The zero-order chi connectivity index (χ0) is 16.7. The molecule has 0 aliphatic rings. The van der Waals surface area contributed by atoms with Crippen LogP contribution in [-0.4, -0.2) is 22.9 Å². The van der Waals surface area contributed by atoms with Gasteiger partial charge in [-0.2, -0.15) is 4.37 Å². The molecule has 122 valence electrons. The van der Waals surface area contributed by atoms with Gasteiger partial charge in [-0.05, 0) is 23.5 Å². The Morgan fingerprint density at radius 2 is 2.04 bits per heavy atom. The lowest BCUT2D eigenvalue weighted by Crippen LogP contribution is -2.28. The lowest BCUT2D eigenvalue weighted by atomic mass is 10.2. The highest BCUT2D eigenvalue weighted by Gasteiger charge is 2.21. The summed E-state index contributed by atoms with van der Waals surface area (Å²) in [6.07, 6.45) is 0.774. The fourth-order valence-electron chi connectivity index (χ4n) is 1.80. The smallest absolute Gasteiger partial charge is 0.320 e. The summed E-state index contributed by atoms with van der Waals surface area (Å²) in [5, 5.41) is 5.56. The number of nitrogens with one attached hydrogen (secondary N) is 2. The van der Waals surface area contributed by atoms with Crippen LogP contribution in [-0.2, 0) is 6.54 Å². The molecule has 2 aromatic rings. The summed E-state index contributed by atoms with van der Waals surface area (Å²) in [5.74, 6) is -0.536. The first-order valence-corrected chi connectivity index (χ1v) is 7.90. The summed E-state index contributed by atoms with van der Waals surface area (Å²) in [5.41, 5.74) is 6.41. The van der Waals surface area contributed by atoms with Crippen molar-refractivity contribution >= 4 is 28.5 Å². The van der Waals surface area contributed by atoms with Gasteiger partial charge in [0.1, 0.15) is 10.6 Å². The fraction of sp³-hybridized carbons (Fsp3) is 0.267. The van der Waals surface area contributed by atoms with Gasteiger partial charge in [0.2, 0.25) is 5.88 Å². The van der Waals surface area contributed by atoms with Crippen LogP contribution in [0.15, 0.2) is 30.3 Å². The van der Waals surface area contributed by atoms with Gasteiger partial charge in [0.05, 0.1) is 6.61 Å². The van der Waals surface area contributed by atoms with Gasteiger partial charge in [-0.25, -0.2) is 4.79 Å². The summed E-state index contributed by atoms with van der Waals surface area (Å²) in [7, 11) is 0. The van der Waals surface area contributed by atoms with Crippen molar-refractivity contribution in [3.8, 4) is 5.88 Å². The number of rotatable bonds is 7. The van der Waals surface area contributed by atoms with Crippen LogP contribution in [0.4, 0.5) is 9.80 Å². The fourth-order valence-corrected chi connectivity index (χ4v) is 2.54. The summed E-state index contributed by atoms with van der Waals surface area (Å²) in [4.78, 5) is 23.5. The number of benzene rings is 1. The number of primary amides is 1. The van der Waals surface area contributed by atoms with E-state index in [1.807, 2.05) is 37.3 Å². The first kappa shape index (κ1) is 16.8. The Bertz CT molecular complexity index is 673. The Hall–Kier alpha value is -2.61. The molecule has 8 heteroatoms. The second-order valence-electron chi connectivity index (χ2n) is 4.70. The Kier molecular flexibility index (Phi) is 5.93. The van der Waals surface area contributed by atoms with E-state index in [9.17, 15) is 9.59 Å². The molecule has 1 aromatic carbocycles. The molecule has 7 nitrogen and oxygen atoms in total. The van der Waals surface area contributed by atoms with Crippen molar-refractivity contribution in [2.45, 2.75) is 19.9 Å². The quantitative estimate of drug-likeness (QED) is 0.722. The van der Waals surface area contributed by atoms with Gasteiger partial charge in [0, 0.05) is 6.54 Å². The number of urea groups is 1. The molecule has 4 N–H and O–H groups in total. The van der Waals surface area contributed by atoms with Gasteiger partial charge >= 0.3 is 6.03 Å². The highest BCUT2D eigenvalue weighted by atomic mass is 32.1. The minimum absolute atomic E-state index is 0.0957. The summed E-state index contributed by atoms with van der Waals surface area (Å²) in [6, 6.07) is 9.04. The molecule has 1 aromatic heterocycles. The normalized spacial score (nSPS) is 10.1. The lowest BCUT2D eigenvalue weighted by molar-refractivity contribution is 0.0997. The highest BCUT2D eigenvalue weighted by Crippen LogP contribution is 2.30. The molecule has 0 fully saturated rings. The van der Waals surface area contributed by atoms with Crippen LogP contribution in [0.5, 0.6) is 5.88 Å². The van der Waals surface area contributed by atoms with Gasteiger partial charge in [0.25, 0.3) is 5.91 Å². The number of carbonyl (C=O) groups excluding carboxylic acids is 2. The van der Waals surface area contributed by atoms with Crippen molar-refractivity contribution < 1.29 is 14.3 Å². The van der Waals surface area contributed by atoms with Gasteiger partial charge in [0.15, 0.2) is 0 Å². The second-order valence-corrected chi connectivity index (χ2v) is 5.47. The molecule has 0 spiro atoms. The van der Waals surface area contributed by atoms with E-state index in [1.54, 1.807) is 0 Å². The molecule has 0 atom stereocenters. The van der Waals surface area contributed by atoms with E-state index >= 15 is 0 Å². The maximum absolute atomic E-state index is 11.9. The third-order valence-electron chi connectivity index (χ3n) is 2.87. The van der Waals surface area contributed by atoms with E-state index in [0.717, 1.165) is 23.5 Å². The predicted octanol–water partition coefficient (Wildman–Crippen LogP) is 2.35. The molecule has 23 heavy (non-hydrogen) atoms. The molecule has 0 radical (unpaired) electrons. The zero-order valence-electron chi connectivity index (χ0n) is 12.7. The predicted molar refractivity (Wildman–Crippen MR) is 88.7 cm³/mol. The van der Waals surface area contributed by atoms with Crippen LogP contribution in [0.1, 0.15) is 29.3 Å². The van der Waals surface area contributed by atoms with Crippen LogP contribution in [0.3, 0.4) is 0 Å². The van der Waals surface area contributed by atoms with E-state index in [1.165, 1.54) is 0 Å². The van der Waals surface area contributed by atoms with Crippen LogP contribution in [0, 0.1) is 0 Å². The van der Waals surface area contributed by atoms with Crippen LogP contribution in [0.25, 0.3) is 0 Å². The van der Waals surface area contributed by atoms with Crippen LogP contribution < -0.4 is 21.1 Å². The SMILES string of the molecule is CCCOc1nsc(NC(=O)NCc2ccccc2)c1C(N)=O. The lowest BCUT2D eigenvalue weighted by Gasteiger charge is -2.07. The average Bonchev–Trinajstić information content (AvgIpc) is 2.94. The number of amides is 3. The Morgan fingerprint density at radius 1 is 1.30 bits per heavy atom. The molecular formula is C15H18N4O3S. The summed E-state index contributed by atoms with van der Waals surface area (Å²) in [6.45, 7) is 2.73. The number of hydrogen-bond donors (Lipinski definition) is 3. The molecule has 1 heterocycles. The average molecular weight is 334 g/mol. The van der Waals surface area contributed by atoms with Crippen LogP contribution in [0.2, 0.25) is 0 Å².